The van der Waals surface area contributed by atoms with Crippen LogP contribution in [0.2, 0.25) is 5.02 Å². The lowest BCUT2D eigenvalue weighted by molar-refractivity contribution is -0.134. The summed E-state index contributed by atoms with van der Waals surface area (Å²) in [4.78, 5) is 25.1. The Morgan fingerprint density at radius 1 is 1.04 bits per heavy atom. The van der Waals surface area contributed by atoms with Gasteiger partial charge in [-0.25, -0.2) is 0 Å². The highest BCUT2D eigenvalue weighted by Crippen LogP contribution is 2.46. The summed E-state index contributed by atoms with van der Waals surface area (Å²) in [5.74, 6) is -0.413. The van der Waals surface area contributed by atoms with Crippen LogP contribution >= 0.6 is 11.6 Å². The summed E-state index contributed by atoms with van der Waals surface area (Å²) in [5.41, 5.74) is 2.08. The number of aryl methyl sites for hydroxylation is 1. The van der Waals surface area contributed by atoms with E-state index in [1.807, 2.05) is 48.5 Å². The van der Waals surface area contributed by atoms with Gasteiger partial charge in [-0.15, -0.1) is 0 Å². The van der Waals surface area contributed by atoms with Crippen molar-refractivity contribution in [2.24, 2.45) is 5.41 Å². The Morgan fingerprint density at radius 2 is 1.77 bits per heavy atom. The largest absolute Gasteiger partial charge is 0.355 e. The third-order valence-corrected chi connectivity index (χ3v) is 5.06. The van der Waals surface area contributed by atoms with E-state index in [2.05, 4.69) is 17.6 Å². The monoisotopic (exact) mass is 370 g/mol. The molecule has 2 aromatic rings. The smallest absolute Gasteiger partial charge is 0.240 e. The molecule has 0 aromatic heterocycles. The highest BCUT2D eigenvalue weighted by Gasteiger charge is 2.56. The van der Waals surface area contributed by atoms with Crippen LogP contribution in [0, 0.1) is 5.41 Å². The van der Waals surface area contributed by atoms with E-state index < -0.39 is 5.41 Å². The van der Waals surface area contributed by atoms with Gasteiger partial charge in [0.15, 0.2) is 0 Å². The zero-order valence-corrected chi connectivity index (χ0v) is 15.6. The number of hydrogen-bond acceptors (Lipinski definition) is 2. The molecule has 26 heavy (non-hydrogen) atoms. The molecule has 0 aliphatic heterocycles. The number of amides is 2. The lowest BCUT2D eigenvalue weighted by atomic mass is 10.0. The Hall–Kier alpha value is -2.33. The minimum atomic E-state index is -0.919. The number of benzene rings is 2. The summed E-state index contributed by atoms with van der Waals surface area (Å²) in [5, 5.41) is 6.45. The molecular formula is C21H23ClN2O2. The van der Waals surface area contributed by atoms with E-state index in [1.165, 1.54) is 5.56 Å². The average Bonchev–Trinajstić information content (AvgIpc) is 3.44. The number of halogens is 1. The Bertz CT molecular complexity index is 798. The SMILES string of the molecule is CCc1ccc(NC(=O)C2(C(=O)NCCc3cccc(Cl)c3)CC2)cc1. The molecule has 0 radical (unpaired) electrons. The van der Waals surface area contributed by atoms with Gasteiger partial charge in [0.1, 0.15) is 5.41 Å². The van der Waals surface area contributed by atoms with E-state index in [-0.39, 0.29) is 11.8 Å². The predicted octanol–water partition coefficient (Wildman–Crippen LogP) is 3.98. The molecule has 2 amide bonds. The van der Waals surface area contributed by atoms with Crippen LogP contribution in [-0.4, -0.2) is 18.4 Å². The third kappa shape index (κ3) is 4.25. The fourth-order valence-corrected chi connectivity index (χ4v) is 3.15. The second-order valence-electron chi connectivity index (χ2n) is 6.72. The minimum Gasteiger partial charge on any atom is -0.355 e. The molecule has 1 aliphatic rings. The first-order valence-electron chi connectivity index (χ1n) is 8.96. The van der Waals surface area contributed by atoms with Crippen molar-refractivity contribution in [2.75, 3.05) is 11.9 Å². The molecule has 136 valence electrons. The van der Waals surface area contributed by atoms with Gasteiger partial charge >= 0.3 is 0 Å². The van der Waals surface area contributed by atoms with Crippen LogP contribution in [0.1, 0.15) is 30.9 Å². The van der Waals surface area contributed by atoms with Crippen LogP contribution in [0.15, 0.2) is 48.5 Å². The standard InChI is InChI=1S/C21H23ClN2O2/c1-2-15-6-8-18(9-7-15)24-20(26)21(11-12-21)19(25)23-13-10-16-4-3-5-17(22)14-16/h3-9,14H,2,10-13H2,1H3,(H,23,25)(H,24,26). The summed E-state index contributed by atoms with van der Waals surface area (Å²) in [6.07, 6.45) is 2.82. The lowest BCUT2D eigenvalue weighted by Crippen LogP contribution is -2.40. The molecule has 4 nitrogen and oxygen atoms in total. The first kappa shape index (κ1) is 18.5. The van der Waals surface area contributed by atoms with Gasteiger partial charge in [0, 0.05) is 17.3 Å². The normalized spacial score (nSPS) is 14.5. The zero-order valence-electron chi connectivity index (χ0n) is 14.8. The molecule has 3 rings (SSSR count). The highest BCUT2D eigenvalue weighted by molar-refractivity contribution is 6.30. The van der Waals surface area contributed by atoms with Crippen molar-refractivity contribution in [3.8, 4) is 0 Å². The molecule has 1 saturated carbocycles. The maximum Gasteiger partial charge on any atom is 0.240 e. The molecule has 0 heterocycles. The molecule has 1 fully saturated rings. The number of carbonyl (C=O) groups is 2. The summed E-state index contributed by atoms with van der Waals surface area (Å²) in [6, 6.07) is 15.3. The molecule has 0 bridgehead atoms. The van der Waals surface area contributed by atoms with Crippen molar-refractivity contribution in [1.82, 2.24) is 5.32 Å². The van der Waals surface area contributed by atoms with Crippen molar-refractivity contribution in [3.63, 3.8) is 0 Å². The van der Waals surface area contributed by atoms with Gasteiger partial charge in [0.25, 0.3) is 0 Å². The van der Waals surface area contributed by atoms with Gasteiger partial charge in [0.2, 0.25) is 11.8 Å². The van der Waals surface area contributed by atoms with E-state index in [9.17, 15) is 9.59 Å². The Labute approximate surface area is 158 Å². The van der Waals surface area contributed by atoms with E-state index >= 15 is 0 Å². The quantitative estimate of drug-likeness (QED) is 0.724. The summed E-state index contributed by atoms with van der Waals surface area (Å²) in [6.45, 7) is 2.57. The Morgan fingerprint density at radius 3 is 2.38 bits per heavy atom. The van der Waals surface area contributed by atoms with Crippen LogP contribution in [-0.2, 0) is 22.4 Å². The molecule has 1 aliphatic carbocycles. The van der Waals surface area contributed by atoms with Gasteiger partial charge in [-0.05, 0) is 61.1 Å². The second-order valence-corrected chi connectivity index (χ2v) is 7.16. The molecular weight excluding hydrogens is 348 g/mol. The predicted molar refractivity (Wildman–Crippen MR) is 104 cm³/mol. The van der Waals surface area contributed by atoms with E-state index in [4.69, 9.17) is 11.6 Å². The topological polar surface area (TPSA) is 58.2 Å². The maximum absolute atomic E-state index is 12.6. The number of hydrogen-bond donors (Lipinski definition) is 2. The number of rotatable bonds is 7. The molecule has 2 aromatic carbocycles. The van der Waals surface area contributed by atoms with Crippen LogP contribution in [0.25, 0.3) is 0 Å². The zero-order chi connectivity index (χ0) is 18.6. The van der Waals surface area contributed by atoms with E-state index in [0.717, 1.165) is 17.7 Å². The summed E-state index contributed by atoms with van der Waals surface area (Å²) >= 11 is 5.97. The third-order valence-electron chi connectivity index (χ3n) is 4.83. The van der Waals surface area contributed by atoms with Crippen molar-refractivity contribution in [2.45, 2.75) is 32.6 Å². The van der Waals surface area contributed by atoms with Crippen molar-refractivity contribution >= 4 is 29.1 Å². The van der Waals surface area contributed by atoms with Crippen molar-refractivity contribution in [1.29, 1.82) is 0 Å². The van der Waals surface area contributed by atoms with Crippen LogP contribution in [0.4, 0.5) is 5.69 Å². The number of carbonyl (C=O) groups excluding carboxylic acids is 2. The fourth-order valence-electron chi connectivity index (χ4n) is 2.94. The lowest BCUT2D eigenvalue weighted by Gasteiger charge is -2.15. The Balaban J connectivity index is 1.53. The maximum atomic E-state index is 12.6. The second kappa shape index (κ2) is 7.92. The van der Waals surface area contributed by atoms with Crippen LogP contribution in [0.5, 0.6) is 0 Å². The molecule has 5 heteroatoms. The van der Waals surface area contributed by atoms with Gasteiger partial charge in [-0.1, -0.05) is 42.8 Å². The van der Waals surface area contributed by atoms with Crippen molar-refractivity contribution < 1.29 is 9.59 Å². The van der Waals surface area contributed by atoms with Crippen LogP contribution in [0.3, 0.4) is 0 Å². The molecule has 0 unspecified atom stereocenters. The first-order chi connectivity index (χ1) is 12.5. The molecule has 0 spiro atoms. The highest BCUT2D eigenvalue weighted by atomic mass is 35.5. The molecule has 2 N–H and O–H groups in total. The fraction of sp³-hybridized carbons (Fsp3) is 0.333. The summed E-state index contributed by atoms with van der Waals surface area (Å²) < 4.78 is 0. The van der Waals surface area contributed by atoms with Gasteiger partial charge in [-0.2, -0.15) is 0 Å². The van der Waals surface area contributed by atoms with E-state index in [0.29, 0.717) is 30.8 Å². The average molecular weight is 371 g/mol. The molecule has 0 atom stereocenters. The minimum absolute atomic E-state index is 0.192. The van der Waals surface area contributed by atoms with E-state index in [1.54, 1.807) is 0 Å². The number of nitrogens with one attached hydrogen (secondary N) is 2. The van der Waals surface area contributed by atoms with Gasteiger partial charge in [0.05, 0.1) is 0 Å². The first-order valence-corrected chi connectivity index (χ1v) is 9.34. The van der Waals surface area contributed by atoms with Gasteiger partial charge < -0.3 is 10.6 Å². The van der Waals surface area contributed by atoms with Gasteiger partial charge in [-0.3, -0.25) is 9.59 Å². The summed E-state index contributed by atoms with van der Waals surface area (Å²) in [7, 11) is 0. The molecule has 0 saturated heterocycles. The van der Waals surface area contributed by atoms with Crippen LogP contribution < -0.4 is 10.6 Å². The van der Waals surface area contributed by atoms with Crippen molar-refractivity contribution in [3.05, 3.63) is 64.7 Å². The number of anilines is 1. The Kier molecular flexibility index (Phi) is 5.62.